The zero-order chi connectivity index (χ0) is 18.6. The van der Waals surface area contributed by atoms with Gasteiger partial charge in [-0.1, -0.05) is 31.4 Å². The van der Waals surface area contributed by atoms with E-state index in [4.69, 9.17) is 4.74 Å². The van der Waals surface area contributed by atoms with Crippen molar-refractivity contribution >= 4 is 11.9 Å². The summed E-state index contributed by atoms with van der Waals surface area (Å²) in [5.74, 6) is 0.158. The molecule has 1 saturated heterocycles. The molecule has 5 nitrogen and oxygen atoms in total. The number of piperidine rings is 1. The van der Waals surface area contributed by atoms with Crippen molar-refractivity contribution in [1.29, 1.82) is 0 Å². The zero-order valence-electron chi connectivity index (χ0n) is 15.6. The number of likely N-dealkylation sites (tertiary alicyclic amines) is 1. The summed E-state index contributed by atoms with van der Waals surface area (Å²) in [6.45, 7) is 1.46. The first-order valence-corrected chi connectivity index (χ1v) is 9.71. The lowest BCUT2D eigenvalue weighted by Gasteiger charge is -2.39. The molecule has 1 aliphatic heterocycles. The Morgan fingerprint density at radius 2 is 1.73 bits per heavy atom. The Balaban J connectivity index is 1.50. The summed E-state index contributed by atoms with van der Waals surface area (Å²) in [7, 11) is 1.38. The number of esters is 1. The Kier molecular flexibility index (Phi) is 5.97. The third-order valence-corrected chi connectivity index (χ3v) is 5.88. The molecular formula is C21H29NO4. The molecule has 142 valence electrons. The van der Waals surface area contributed by atoms with Gasteiger partial charge in [0.15, 0.2) is 0 Å². The van der Waals surface area contributed by atoms with Crippen LogP contribution in [0.2, 0.25) is 0 Å². The van der Waals surface area contributed by atoms with Crippen LogP contribution >= 0.6 is 0 Å². The summed E-state index contributed by atoms with van der Waals surface area (Å²) in [4.78, 5) is 26.1. The molecule has 1 aromatic rings. The maximum Gasteiger partial charge on any atom is 0.337 e. The third-order valence-electron chi connectivity index (χ3n) is 5.88. The number of rotatable bonds is 4. The minimum Gasteiger partial charge on any atom is -0.465 e. The van der Waals surface area contributed by atoms with Gasteiger partial charge in [-0.15, -0.1) is 0 Å². The maximum absolute atomic E-state index is 12.7. The van der Waals surface area contributed by atoms with Crippen LogP contribution in [0.5, 0.6) is 0 Å². The van der Waals surface area contributed by atoms with Gasteiger partial charge in [-0.25, -0.2) is 4.79 Å². The van der Waals surface area contributed by atoms with E-state index in [2.05, 4.69) is 0 Å². The summed E-state index contributed by atoms with van der Waals surface area (Å²) < 4.78 is 4.72. The summed E-state index contributed by atoms with van der Waals surface area (Å²) in [5.41, 5.74) is 0.653. The van der Waals surface area contributed by atoms with Crippen molar-refractivity contribution in [2.24, 2.45) is 5.92 Å². The van der Waals surface area contributed by atoms with Crippen LogP contribution in [0.15, 0.2) is 24.3 Å². The van der Waals surface area contributed by atoms with Crippen molar-refractivity contribution in [1.82, 2.24) is 4.90 Å². The first-order chi connectivity index (χ1) is 12.5. The second-order valence-electron chi connectivity index (χ2n) is 7.72. The number of amides is 1. The second-order valence-corrected chi connectivity index (χ2v) is 7.72. The van der Waals surface area contributed by atoms with Crippen molar-refractivity contribution in [3.8, 4) is 0 Å². The molecule has 1 saturated carbocycles. The highest BCUT2D eigenvalue weighted by Gasteiger charge is 2.40. The Morgan fingerprint density at radius 1 is 1.12 bits per heavy atom. The molecule has 5 heteroatoms. The van der Waals surface area contributed by atoms with Gasteiger partial charge in [-0.2, -0.15) is 0 Å². The SMILES string of the molecule is COC(=O)c1ccc(CC2CCN(C(=O)C3(O)CCCCC3)CC2)cc1. The average molecular weight is 359 g/mol. The topological polar surface area (TPSA) is 66.8 Å². The van der Waals surface area contributed by atoms with E-state index < -0.39 is 5.60 Å². The number of carbonyl (C=O) groups is 2. The third kappa shape index (κ3) is 4.26. The Hall–Kier alpha value is -1.88. The number of ether oxygens (including phenoxy) is 1. The highest BCUT2D eigenvalue weighted by Crippen LogP contribution is 2.31. The van der Waals surface area contributed by atoms with E-state index >= 15 is 0 Å². The van der Waals surface area contributed by atoms with Crippen LogP contribution in [0.25, 0.3) is 0 Å². The van der Waals surface area contributed by atoms with Crippen molar-refractivity contribution in [3.05, 3.63) is 35.4 Å². The number of hydrogen-bond acceptors (Lipinski definition) is 4. The predicted molar refractivity (Wildman–Crippen MR) is 98.8 cm³/mol. The maximum atomic E-state index is 12.7. The number of methoxy groups -OCH3 is 1. The molecule has 0 bridgehead atoms. The molecule has 0 spiro atoms. The molecule has 1 N–H and O–H groups in total. The minimum atomic E-state index is -1.12. The number of benzene rings is 1. The number of nitrogens with zero attached hydrogens (tertiary/aromatic N) is 1. The van der Waals surface area contributed by atoms with Crippen LogP contribution in [0, 0.1) is 5.92 Å². The average Bonchev–Trinajstić information content (AvgIpc) is 2.68. The molecule has 1 aliphatic carbocycles. The summed E-state index contributed by atoms with van der Waals surface area (Å²) in [6.07, 6.45) is 7.10. The van der Waals surface area contributed by atoms with Crippen LogP contribution in [0.1, 0.15) is 60.9 Å². The molecule has 0 atom stereocenters. The van der Waals surface area contributed by atoms with Gasteiger partial charge in [0.2, 0.25) is 0 Å². The summed E-state index contributed by atoms with van der Waals surface area (Å²) in [5, 5.41) is 10.7. The lowest BCUT2D eigenvalue weighted by molar-refractivity contribution is -0.156. The van der Waals surface area contributed by atoms with Gasteiger partial charge in [0.05, 0.1) is 12.7 Å². The van der Waals surface area contributed by atoms with Crippen LogP contribution < -0.4 is 0 Å². The smallest absolute Gasteiger partial charge is 0.337 e. The van der Waals surface area contributed by atoms with Gasteiger partial charge in [-0.3, -0.25) is 4.79 Å². The minimum absolute atomic E-state index is 0.0573. The lowest BCUT2D eigenvalue weighted by Crippen LogP contribution is -2.52. The van der Waals surface area contributed by atoms with Gasteiger partial charge >= 0.3 is 5.97 Å². The molecular weight excluding hydrogens is 330 g/mol. The normalized spacial score (nSPS) is 20.6. The molecule has 1 aromatic carbocycles. The largest absolute Gasteiger partial charge is 0.465 e. The van der Waals surface area contributed by atoms with E-state index in [-0.39, 0.29) is 11.9 Å². The monoisotopic (exact) mass is 359 g/mol. The van der Waals surface area contributed by atoms with Gasteiger partial charge in [-0.05, 0) is 55.7 Å². The van der Waals surface area contributed by atoms with E-state index in [9.17, 15) is 14.7 Å². The van der Waals surface area contributed by atoms with Crippen molar-refractivity contribution < 1.29 is 19.4 Å². The lowest BCUT2D eigenvalue weighted by atomic mass is 9.82. The standard InChI is InChI=1S/C21H29NO4/c1-26-19(23)18-7-5-16(6-8-18)15-17-9-13-22(14-10-17)20(24)21(25)11-3-2-4-12-21/h5-8,17,25H,2-4,9-15H2,1H3. The predicted octanol–water partition coefficient (Wildman–Crippen LogP) is 2.95. The highest BCUT2D eigenvalue weighted by molar-refractivity contribution is 5.89. The van der Waals surface area contributed by atoms with Gasteiger partial charge in [0.1, 0.15) is 5.60 Å². The number of carbonyl (C=O) groups excluding carboxylic acids is 2. The molecule has 26 heavy (non-hydrogen) atoms. The number of hydrogen-bond donors (Lipinski definition) is 1. The summed E-state index contributed by atoms with van der Waals surface area (Å²) >= 11 is 0. The molecule has 0 radical (unpaired) electrons. The van der Waals surface area contributed by atoms with Gasteiger partial charge in [0.25, 0.3) is 5.91 Å². The molecule has 0 aromatic heterocycles. The number of aliphatic hydroxyl groups is 1. The fraction of sp³-hybridized carbons (Fsp3) is 0.619. The highest BCUT2D eigenvalue weighted by atomic mass is 16.5. The van der Waals surface area contributed by atoms with Crippen LogP contribution in [0.3, 0.4) is 0 Å². The Bertz CT molecular complexity index is 626. The fourth-order valence-electron chi connectivity index (χ4n) is 4.21. The second kappa shape index (κ2) is 8.21. The first-order valence-electron chi connectivity index (χ1n) is 9.71. The molecule has 1 amide bonds. The van der Waals surface area contributed by atoms with E-state index in [1.54, 1.807) is 12.1 Å². The summed E-state index contributed by atoms with van der Waals surface area (Å²) in [6, 6.07) is 7.57. The van der Waals surface area contributed by atoms with E-state index in [0.29, 0.717) is 24.3 Å². The molecule has 2 aliphatic rings. The van der Waals surface area contributed by atoms with Crippen LogP contribution in [-0.2, 0) is 16.0 Å². The first kappa shape index (κ1) is 18.9. The van der Waals surface area contributed by atoms with Gasteiger partial charge < -0.3 is 14.7 Å². The van der Waals surface area contributed by atoms with E-state index in [1.165, 1.54) is 12.7 Å². The molecule has 0 unspecified atom stereocenters. The zero-order valence-corrected chi connectivity index (χ0v) is 15.6. The van der Waals surface area contributed by atoms with E-state index in [0.717, 1.165) is 51.6 Å². The molecule has 1 heterocycles. The van der Waals surface area contributed by atoms with Crippen LogP contribution in [0.4, 0.5) is 0 Å². The quantitative estimate of drug-likeness (QED) is 0.840. The molecule has 3 rings (SSSR count). The van der Waals surface area contributed by atoms with Crippen LogP contribution in [-0.4, -0.2) is 47.7 Å². The Morgan fingerprint density at radius 3 is 2.31 bits per heavy atom. The Labute approximate surface area is 155 Å². The fourth-order valence-corrected chi connectivity index (χ4v) is 4.21. The van der Waals surface area contributed by atoms with E-state index in [1.807, 2.05) is 17.0 Å². The van der Waals surface area contributed by atoms with Crippen molar-refractivity contribution in [3.63, 3.8) is 0 Å². The van der Waals surface area contributed by atoms with Gasteiger partial charge in [0, 0.05) is 13.1 Å². The van der Waals surface area contributed by atoms with Crippen molar-refractivity contribution in [2.75, 3.05) is 20.2 Å². The molecule has 2 fully saturated rings. The van der Waals surface area contributed by atoms with Crippen molar-refractivity contribution in [2.45, 2.75) is 57.0 Å².